The number of aromatic nitrogens is 2. The summed E-state index contributed by atoms with van der Waals surface area (Å²) in [5.74, 6) is -0.527. The van der Waals surface area contributed by atoms with Crippen molar-refractivity contribution < 1.29 is 13.2 Å². The number of carbonyl (C=O) groups is 1. The van der Waals surface area contributed by atoms with Gasteiger partial charge in [0.1, 0.15) is 9.90 Å². The number of nitrogens with one attached hydrogen (secondary N) is 1. The van der Waals surface area contributed by atoms with Crippen LogP contribution in [0, 0.1) is 6.92 Å². The summed E-state index contributed by atoms with van der Waals surface area (Å²) < 4.78 is 27.9. The van der Waals surface area contributed by atoms with Gasteiger partial charge in [0.2, 0.25) is 5.13 Å². The van der Waals surface area contributed by atoms with Crippen LogP contribution in [0.1, 0.15) is 15.4 Å². The van der Waals surface area contributed by atoms with Crippen LogP contribution in [0.25, 0.3) is 0 Å². The topological polar surface area (TPSA) is 92.3 Å². The maximum absolute atomic E-state index is 13.4. The van der Waals surface area contributed by atoms with Crippen molar-refractivity contribution in [2.24, 2.45) is 0 Å². The van der Waals surface area contributed by atoms with Crippen molar-refractivity contribution in [3.05, 3.63) is 75.7 Å². The Bertz CT molecular complexity index is 1190. The van der Waals surface area contributed by atoms with Gasteiger partial charge in [-0.15, -0.1) is 16.8 Å². The van der Waals surface area contributed by atoms with E-state index in [9.17, 15) is 13.2 Å². The van der Waals surface area contributed by atoms with Crippen molar-refractivity contribution in [3.8, 4) is 0 Å². The van der Waals surface area contributed by atoms with Crippen LogP contribution >= 0.6 is 34.5 Å². The number of carbonyl (C=O) groups excluding carboxylic acids is 1. The van der Waals surface area contributed by atoms with E-state index in [-0.39, 0.29) is 22.0 Å². The highest BCUT2D eigenvalue weighted by Crippen LogP contribution is 2.30. The second kappa shape index (κ2) is 9.13. The molecule has 1 N–H and O–H groups in total. The summed E-state index contributed by atoms with van der Waals surface area (Å²) in [6.07, 6.45) is 1.45. The van der Waals surface area contributed by atoms with Gasteiger partial charge in [0.05, 0.1) is 17.3 Å². The van der Waals surface area contributed by atoms with Crippen molar-refractivity contribution in [1.29, 1.82) is 0 Å². The summed E-state index contributed by atoms with van der Waals surface area (Å²) in [5.41, 5.74) is 0.495. The molecule has 3 aromatic rings. The number of anilines is 2. The molecule has 1 heterocycles. The van der Waals surface area contributed by atoms with Gasteiger partial charge in [-0.2, -0.15) is 0 Å². The van der Waals surface area contributed by atoms with Crippen molar-refractivity contribution in [3.63, 3.8) is 0 Å². The van der Waals surface area contributed by atoms with Crippen LogP contribution in [0.15, 0.2) is 60.0 Å². The lowest BCUT2D eigenvalue weighted by Gasteiger charge is -2.24. The van der Waals surface area contributed by atoms with Gasteiger partial charge in [-0.1, -0.05) is 40.6 Å². The summed E-state index contributed by atoms with van der Waals surface area (Å²) >= 11 is 13.3. The van der Waals surface area contributed by atoms with Crippen LogP contribution in [0.5, 0.6) is 0 Å². The van der Waals surface area contributed by atoms with Gasteiger partial charge in [0.25, 0.3) is 15.9 Å². The average Bonchev–Trinajstić information content (AvgIpc) is 3.11. The van der Waals surface area contributed by atoms with E-state index >= 15 is 0 Å². The SMILES string of the molecule is C=CCN(c1ccc(Cl)cc1)S(=O)(=O)c1cc(C(=O)Nc2nnc(C)s2)ccc1Cl. The molecular formula is C19H16Cl2N4O3S2. The Morgan fingerprint density at radius 1 is 1.20 bits per heavy atom. The predicted molar refractivity (Wildman–Crippen MR) is 120 cm³/mol. The summed E-state index contributed by atoms with van der Waals surface area (Å²) in [4.78, 5) is 12.4. The fraction of sp³-hybridized carbons (Fsp3) is 0.105. The number of nitrogens with zero attached hydrogens (tertiary/aromatic N) is 3. The monoisotopic (exact) mass is 482 g/mol. The molecule has 30 heavy (non-hydrogen) atoms. The molecule has 1 amide bonds. The van der Waals surface area contributed by atoms with Crippen molar-refractivity contribution in [1.82, 2.24) is 10.2 Å². The van der Waals surface area contributed by atoms with Crippen LogP contribution in [0.4, 0.5) is 10.8 Å². The molecule has 0 saturated carbocycles. The third-order valence-electron chi connectivity index (χ3n) is 3.92. The number of rotatable bonds is 7. The standard InChI is InChI=1S/C19H16Cl2N4O3S2/c1-3-10-25(15-7-5-14(20)6-8-15)30(27,28)17-11-13(4-9-16(17)21)18(26)22-19-24-23-12(2)29-19/h3-9,11H,1,10H2,2H3,(H,22,24,26). The van der Waals surface area contributed by atoms with E-state index in [1.165, 1.54) is 35.6 Å². The van der Waals surface area contributed by atoms with E-state index in [4.69, 9.17) is 23.2 Å². The van der Waals surface area contributed by atoms with E-state index in [0.717, 1.165) is 4.31 Å². The maximum Gasteiger partial charge on any atom is 0.266 e. The molecule has 7 nitrogen and oxygen atoms in total. The minimum absolute atomic E-state index is 0.000774. The molecule has 0 atom stereocenters. The largest absolute Gasteiger partial charge is 0.296 e. The third kappa shape index (κ3) is 4.81. The van der Waals surface area contributed by atoms with Crippen LogP contribution < -0.4 is 9.62 Å². The number of benzene rings is 2. The minimum atomic E-state index is -4.10. The Morgan fingerprint density at radius 2 is 1.90 bits per heavy atom. The molecule has 0 saturated heterocycles. The first-order valence-corrected chi connectivity index (χ1v) is 11.5. The lowest BCUT2D eigenvalue weighted by Crippen LogP contribution is -2.31. The molecule has 2 aromatic carbocycles. The van der Waals surface area contributed by atoms with Gasteiger partial charge >= 0.3 is 0 Å². The molecule has 11 heteroatoms. The van der Waals surface area contributed by atoms with Gasteiger partial charge in [-0.25, -0.2) is 8.42 Å². The van der Waals surface area contributed by atoms with E-state index < -0.39 is 15.9 Å². The highest BCUT2D eigenvalue weighted by molar-refractivity contribution is 7.93. The van der Waals surface area contributed by atoms with Gasteiger partial charge in [-0.3, -0.25) is 14.4 Å². The molecule has 0 aliphatic rings. The lowest BCUT2D eigenvalue weighted by atomic mass is 10.2. The molecular weight excluding hydrogens is 467 g/mol. The number of aryl methyl sites for hydroxylation is 1. The Hall–Kier alpha value is -2.46. The molecule has 0 radical (unpaired) electrons. The summed E-state index contributed by atoms with van der Waals surface area (Å²) in [6.45, 7) is 5.38. The van der Waals surface area contributed by atoms with Crippen LogP contribution in [0.2, 0.25) is 10.0 Å². The van der Waals surface area contributed by atoms with Crippen LogP contribution in [-0.4, -0.2) is 31.1 Å². The number of hydrogen-bond donors (Lipinski definition) is 1. The normalized spacial score (nSPS) is 11.2. The van der Waals surface area contributed by atoms with Crippen molar-refractivity contribution >= 4 is 61.3 Å². The number of hydrogen-bond acceptors (Lipinski definition) is 6. The molecule has 0 fully saturated rings. The van der Waals surface area contributed by atoms with E-state index in [1.807, 2.05) is 0 Å². The number of sulfonamides is 1. The Labute approximate surface area is 188 Å². The first kappa shape index (κ1) is 22.2. The van der Waals surface area contributed by atoms with Crippen LogP contribution in [-0.2, 0) is 10.0 Å². The zero-order chi connectivity index (χ0) is 21.9. The van der Waals surface area contributed by atoms with Gasteiger partial charge in [-0.05, 0) is 49.4 Å². The first-order valence-electron chi connectivity index (χ1n) is 8.52. The molecule has 1 aromatic heterocycles. The lowest BCUT2D eigenvalue weighted by molar-refractivity contribution is 0.102. The van der Waals surface area contributed by atoms with E-state index in [0.29, 0.717) is 20.8 Å². The molecule has 0 bridgehead atoms. The fourth-order valence-corrected chi connectivity index (χ4v) is 5.20. The predicted octanol–water partition coefficient (Wildman–Crippen LogP) is 4.79. The molecule has 0 unspecified atom stereocenters. The maximum atomic E-state index is 13.4. The third-order valence-corrected chi connectivity index (χ3v) is 7.20. The molecule has 0 spiro atoms. The van der Waals surface area contributed by atoms with Gasteiger partial charge in [0.15, 0.2) is 0 Å². The highest BCUT2D eigenvalue weighted by Gasteiger charge is 2.27. The Morgan fingerprint density at radius 3 is 2.50 bits per heavy atom. The summed E-state index contributed by atoms with van der Waals surface area (Å²) in [6, 6.07) is 10.3. The Balaban J connectivity index is 1.99. The highest BCUT2D eigenvalue weighted by atomic mass is 35.5. The van der Waals surface area contributed by atoms with E-state index in [1.54, 1.807) is 31.2 Å². The van der Waals surface area contributed by atoms with E-state index in [2.05, 4.69) is 22.1 Å². The zero-order valence-electron chi connectivity index (χ0n) is 15.7. The first-order chi connectivity index (χ1) is 14.2. The van der Waals surface area contributed by atoms with Gasteiger partial charge < -0.3 is 0 Å². The summed E-state index contributed by atoms with van der Waals surface area (Å²) in [7, 11) is -4.10. The second-order valence-electron chi connectivity index (χ2n) is 6.03. The molecule has 3 rings (SSSR count). The van der Waals surface area contributed by atoms with Crippen LogP contribution in [0.3, 0.4) is 0 Å². The minimum Gasteiger partial charge on any atom is -0.296 e. The Kier molecular flexibility index (Phi) is 6.77. The zero-order valence-corrected chi connectivity index (χ0v) is 18.8. The summed E-state index contributed by atoms with van der Waals surface area (Å²) in [5, 5.41) is 11.7. The van der Waals surface area contributed by atoms with Crippen molar-refractivity contribution in [2.75, 3.05) is 16.2 Å². The second-order valence-corrected chi connectivity index (χ2v) is 9.88. The van der Waals surface area contributed by atoms with Crippen molar-refractivity contribution in [2.45, 2.75) is 11.8 Å². The average molecular weight is 483 g/mol. The fourth-order valence-electron chi connectivity index (χ4n) is 2.54. The smallest absolute Gasteiger partial charge is 0.266 e. The van der Waals surface area contributed by atoms with Gasteiger partial charge in [0, 0.05) is 10.6 Å². The molecule has 0 aliphatic heterocycles. The molecule has 156 valence electrons. The number of amides is 1. The molecule has 0 aliphatic carbocycles. The number of halogens is 2. The quantitative estimate of drug-likeness (QED) is 0.488.